The number of aromatic amines is 1. The standard InChI is InChI=1S/C14H14N2O3S/c1-2-11-7-12(17)16-14(15-11)20-8-9-4-3-5-10(6-9)13(18)19/h3-7H,2,8H2,1H3,(H,18,19)(H,15,16,17). The van der Waals surface area contributed by atoms with Crippen LogP contribution in [0.2, 0.25) is 0 Å². The Morgan fingerprint density at radius 3 is 2.90 bits per heavy atom. The Labute approximate surface area is 120 Å². The van der Waals surface area contributed by atoms with Crippen LogP contribution in [0.15, 0.2) is 40.3 Å². The number of nitrogens with one attached hydrogen (secondary N) is 1. The number of benzene rings is 1. The van der Waals surface area contributed by atoms with Crippen LogP contribution in [-0.4, -0.2) is 21.0 Å². The van der Waals surface area contributed by atoms with E-state index in [2.05, 4.69) is 9.97 Å². The molecule has 5 nitrogen and oxygen atoms in total. The lowest BCUT2D eigenvalue weighted by molar-refractivity contribution is 0.0697. The van der Waals surface area contributed by atoms with E-state index in [-0.39, 0.29) is 11.1 Å². The van der Waals surface area contributed by atoms with Gasteiger partial charge in [0.1, 0.15) is 0 Å². The van der Waals surface area contributed by atoms with Crippen molar-refractivity contribution >= 4 is 17.7 Å². The number of nitrogens with zero attached hydrogens (tertiary/aromatic N) is 1. The molecule has 0 amide bonds. The lowest BCUT2D eigenvalue weighted by Gasteiger charge is -2.04. The molecular formula is C14H14N2O3S. The molecule has 0 bridgehead atoms. The van der Waals surface area contributed by atoms with Crippen LogP contribution in [-0.2, 0) is 12.2 Å². The number of thioether (sulfide) groups is 1. The third-order valence-electron chi connectivity index (χ3n) is 2.68. The topological polar surface area (TPSA) is 83.0 Å². The molecule has 1 aromatic heterocycles. The zero-order chi connectivity index (χ0) is 14.5. The summed E-state index contributed by atoms with van der Waals surface area (Å²) in [5.41, 5.74) is 1.71. The summed E-state index contributed by atoms with van der Waals surface area (Å²) in [4.78, 5) is 29.3. The Bertz CT molecular complexity index is 682. The molecule has 0 saturated carbocycles. The number of carbonyl (C=O) groups is 1. The minimum absolute atomic E-state index is 0.168. The fourth-order valence-corrected chi connectivity index (χ4v) is 2.52. The minimum atomic E-state index is -0.948. The second kappa shape index (κ2) is 6.38. The van der Waals surface area contributed by atoms with Crippen LogP contribution < -0.4 is 5.56 Å². The number of aromatic nitrogens is 2. The van der Waals surface area contributed by atoms with E-state index in [4.69, 9.17) is 5.11 Å². The van der Waals surface area contributed by atoms with Crippen molar-refractivity contribution in [3.8, 4) is 0 Å². The molecule has 1 aromatic carbocycles. The maximum atomic E-state index is 11.4. The molecule has 0 atom stereocenters. The van der Waals surface area contributed by atoms with Crippen LogP contribution in [0.5, 0.6) is 0 Å². The lowest BCUT2D eigenvalue weighted by atomic mass is 10.1. The summed E-state index contributed by atoms with van der Waals surface area (Å²) in [6.45, 7) is 1.94. The number of H-pyrrole nitrogens is 1. The SMILES string of the molecule is CCc1cc(=O)[nH]c(SCc2cccc(C(=O)O)c2)n1. The smallest absolute Gasteiger partial charge is 0.335 e. The average Bonchev–Trinajstić information content (AvgIpc) is 2.44. The predicted octanol–water partition coefficient (Wildman–Crippen LogP) is 2.32. The van der Waals surface area contributed by atoms with Gasteiger partial charge in [0, 0.05) is 17.5 Å². The van der Waals surface area contributed by atoms with Gasteiger partial charge < -0.3 is 10.1 Å². The van der Waals surface area contributed by atoms with Gasteiger partial charge in [0.2, 0.25) is 0 Å². The van der Waals surface area contributed by atoms with Gasteiger partial charge in [-0.1, -0.05) is 30.8 Å². The van der Waals surface area contributed by atoms with Crippen molar-refractivity contribution in [1.29, 1.82) is 0 Å². The van der Waals surface area contributed by atoms with Crippen molar-refractivity contribution in [3.63, 3.8) is 0 Å². The first-order valence-corrected chi connectivity index (χ1v) is 7.12. The Morgan fingerprint density at radius 1 is 1.40 bits per heavy atom. The molecule has 0 aliphatic rings. The van der Waals surface area contributed by atoms with E-state index < -0.39 is 5.97 Å². The van der Waals surface area contributed by atoms with Crippen molar-refractivity contribution in [2.75, 3.05) is 0 Å². The molecule has 0 aliphatic carbocycles. The molecular weight excluding hydrogens is 276 g/mol. The highest BCUT2D eigenvalue weighted by Crippen LogP contribution is 2.19. The van der Waals surface area contributed by atoms with Gasteiger partial charge in [-0.2, -0.15) is 0 Å². The maximum Gasteiger partial charge on any atom is 0.335 e. The first-order chi connectivity index (χ1) is 9.58. The number of aromatic carboxylic acids is 1. The van der Waals surface area contributed by atoms with Crippen LogP contribution in [0.25, 0.3) is 0 Å². The first kappa shape index (κ1) is 14.3. The van der Waals surface area contributed by atoms with E-state index in [0.29, 0.717) is 17.3 Å². The Hall–Kier alpha value is -2.08. The molecule has 6 heteroatoms. The number of carboxylic acid groups (broad SMARTS) is 1. The van der Waals surface area contributed by atoms with E-state index in [9.17, 15) is 9.59 Å². The minimum Gasteiger partial charge on any atom is -0.478 e. The zero-order valence-corrected chi connectivity index (χ0v) is 11.7. The molecule has 0 unspecified atom stereocenters. The zero-order valence-electron chi connectivity index (χ0n) is 10.9. The normalized spacial score (nSPS) is 10.4. The van der Waals surface area contributed by atoms with Crippen molar-refractivity contribution < 1.29 is 9.90 Å². The monoisotopic (exact) mass is 290 g/mol. The van der Waals surface area contributed by atoms with Crippen LogP contribution >= 0.6 is 11.8 Å². The average molecular weight is 290 g/mol. The van der Waals surface area contributed by atoms with E-state index in [1.165, 1.54) is 17.8 Å². The van der Waals surface area contributed by atoms with Crippen molar-refractivity contribution in [2.45, 2.75) is 24.3 Å². The van der Waals surface area contributed by atoms with Gasteiger partial charge in [-0.25, -0.2) is 9.78 Å². The fourth-order valence-electron chi connectivity index (χ4n) is 1.68. The van der Waals surface area contributed by atoms with E-state index in [1.54, 1.807) is 18.2 Å². The number of rotatable bonds is 5. The summed E-state index contributed by atoms with van der Waals surface area (Å²) in [6, 6.07) is 8.21. The predicted molar refractivity (Wildman–Crippen MR) is 77.2 cm³/mol. The Balaban J connectivity index is 2.12. The van der Waals surface area contributed by atoms with Crippen LogP contribution in [0.1, 0.15) is 28.5 Å². The van der Waals surface area contributed by atoms with Crippen LogP contribution in [0.3, 0.4) is 0 Å². The van der Waals surface area contributed by atoms with E-state index in [0.717, 1.165) is 11.3 Å². The first-order valence-electron chi connectivity index (χ1n) is 6.13. The largest absolute Gasteiger partial charge is 0.478 e. The molecule has 2 rings (SSSR count). The van der Waals surface area contributed by atoms with Gasteiger partial charge >= 0.3 is 5.97 Å². The highest BCUT2D eigenvalue weighted by atomic mass is 32.2. The van der Waals surface area contributed by atoms with Crippen molar-refractivity contribution in [1.82, 2.24) is 9.97 Å². The summed E-state index contributed by atoms with van der Waals surface area (Å²) < 4.78 is 0. The molecule has 2 aromatic rings. The highest BCUT2D eigenvalue weighted by molar-refractivity contribution is 7.98. The molecule has 20 heavy (non-hydrogen) atoms. The molecule has 0 aliphatic heterocycles. The Morgan fingerprint density at radius 2 is 2.20 bits per heavy atom. The Kier molecular flexibility index (Phi) is 4.57. The van der Waals surface area contributed by atoms with Gasteiger partial charge in [0.25, 0.3) is 5.56 Å². The summed E-state index contributed by atoms with van der Waals surface area (Å²) in [6.07, 6.45) is 0.700. The van der Waals surface area contributed by atoms with Crippen molar-refractivity contribution in [3.05, 3.63) is 57.5 Å². The lowest BCUT2D eigenvalue weighted by Crippen LogP contribution is -2.09. The van der Waals surface area contributed by atoms with Gasteiger partial charge in [-0.05, 0) is 24.1 Å². The van der Waals surface area contributed by atoms with Gasteiger partial charge in [-0.15, -0.1) is 0 Å². The second-order valence-corrected chi connectivity index (χ2v) is 5.15. The summed E-state index contributed by atoms with van der Waals surface area (Å²) in [7, 11) is 0. The second-order valence-electron chi connectivity index (χ2n) is 4.19. The van der Waals surface area contributed by atoms with Gasteiger partial charge in [0.15, 0.2) is 5.16 Å². The summed E-state index contributed by atoms with van der Waals surface area (Å²) in [5, 5.41) is 9.48. The quantitative estimate of drug-likeness (QED) is 0.652. The number of aryl methyl sites for hydroxylation is 1. The molecule has 104 valence electrons. The van der Waals surface area contributed by atoms with Gasteiger partial charge in [0.05, 0.1) is 5.56 Å². The molecule has 2 N–H and O–H groups in total. The number of carboxylic acids is 1. The molecule has 0 radical (unpaired) electrons. The molecule has 0 saturated heterocycles. The third-order valence-corrected chi connectivity index (χ3v) is 3.63. The van der Waals surface area contributed by atoms with Crippen molar-refractivity contribution in [2.24, 2.45) is 0 Å². The fraction of sp³-hybridized carbons (Fsp3) is 0.214. The molecule has 0 fully saturated rings. The summed E-state index contributed by atoms with van der Waals surface area (Å²) in [5.74, 6) is -0.395. The highest BCUT2D eigenvalue weighted by Gasteiger charge is 2.05. The third kappa shape index (κ3) is 3.71. The number of hydrogen-bond acceptors (Lipinski definition) is 4. The van der Waals surface area contributed by atoms with E-state index in [1.807, 2.05) is 13.0 Å². The number of hydrogen-bond donors (Lipinski definition) is 2. The maximum absolute atomic E-state index is 11.4. The molecule has 1 heterocycles. The van der Waals surface area contributed by atoms with Gasteiger partial charge in [-0.3, -0.25) is 4.79 Å². The molecule has 0 spiro atoms. The van der Waals surface area contributed by atoms with Crippen LogP contribution in [0, 0.1) is 0 Å². The summed E-state index contributed by atoms with van der Waals surface area (Å²) >= 11 is 1.38. The van der Waals surface area contributed by atoms with Crippen LogP contribution in [0.4, 0.5) is 0 Å². The van der Waals surface area contributed by atoms with E-state index >= 15 is 0 Å².